The minimum Gasteiger partial charge on any atom is -0.327 e. The van der Waals surface area contributed by atoms with E-state index in [1.807, 2.05) is 0 Å². The second-order valence-electron chi connectivity index (χ2n) is 4.66. The molecule has 0 spiro atoms. The Balaban J connectivity index is 2.41. The van der Waals surface area contributed by atoms with E-state index in [0.29, 0.717) is 0 Å². The quantitative estimate of drug-likeness (QED) is 0.831. The van der Waals surface area contributed by atoms with Crippen LogP contribution in [0.1, 0.15) is 38.2 Å². The van der Waals surface area contributed by atoms with E-state index in [4.69, 9.17) is 5.73 Å². The molecular weight excluding hydrogens is 297 g/mol. The summed E-state index contributed by atoms with van der Waals surface area (Å²) in [6.07, 6.45) is 5.16. The first-order valence-corrected chi connectivity index (χ1v) is 6.75. The Morgan fingerprint density at radius 3 is 2.53 bits per heavy atom. The van der Waals surface area contributed by atoms with Crippen LogP contribution in [0.2, 0.25) is 0 Å². The number of hydrogen-bond acceptors (Lipinski definition) is 1. The molecule has 1 aliphatic carbocycles. The van der Waals surface area contributed by atoms with E-state index in [1.165, 1.54) is 34.8 Å². The Morgan fingerprint density at radius 1 is 1.33 bits per heavy atom. The van der Waals surface area contributed by atoms with Gasteiger partial charge in [-0.2, -0.15) is 0 Å². The van der Waals surface area contributed by atoms with Gasteiger partial charge in [-0.1, -0.05) is 25.0 Å². The zero-order valence-electron chi connectivity index (χ0n) is 9.17. The number of rotatable bonds is 2. The minimum atomic E-state index is 0.251. The Hall–Kier alpha value is -0.0900. The predicted molar refractivity (Wildman–Crippen MR) is 73.0 cm³/mol. The lowest BCUT2D eigenvalue weighted by Gasteiger charge is -2.34. The molecule has 2 heteroatoms. The van der Waals surface area contributed by atoms with Crippen LogP contribution in [0, 0.1) is 3.57 Å². The van der Waals surface area contributed by atoms with Crippen molar-refractivity contribution < 1.29 is 0 Å². The van der Waals surface area contributed by atoms with E-state index in [-0.39, 0.29) is 11.5 Å². The fraction of sp³-hybridized carbons (Fsp3) is 0.538. The monoisotopic (exact) mass is 315 g/mol. The van der Waals surface area contributed by atoms with Gasteiger partial charge in [-0.3, -0.25) is 0 Å². The van der Waals surface area contributed by atoms with Crippen LogP contribution in [0.4, 0.5) is 0 Å². The molecule has 2 N–H and O–H groups in total. The van der Waals surface area contributed by atoms with Gasteiger partial charge in [0.25, 0.3) is 0 Å². The molecule has 1 saturated carbocycles. The molecule has 1 unspecified atom stereocenters. The van der Waals surface area contributed by atoms with Gasteiger partial charge in [0.05, 0.1) is 0 Å². The molecule has 0 heterocycles. The van der Waals surface area contributed by atoms with Crippen molar-refractivity contribution in [3.05, 3.63) is 33.4 Å². The van der Waals surface area contributed by atoms with Gasteiger partial charge in [-0.15, -0.1) is 0 Å². The van der Waals surface area contributed by atoms with Crippen molar-refractivity contribution in [1.29, 1.82) is 0 Å². The maximum Gasteiger partial charge on any atom is 0.0133 e. The van der Waals surface area contributed by atoms with E-state index in [1.54, 1.807) is 0 Å². The van der Waals surface area contributed by atoms with Gasteiger partial charge in [0.2, 0.25) is 0 Å². The summed E-state index contributed by atoms with van der Waals surface area (Å²) in [5, 5.41) is 0. The van der Waals surface area contributed by atoms with Gasteiger partial charge < -0.3 is 5.73 Å². The highest BCUT2D eigenvalue weighted by Gasteiger charge is 2.38. The SMILES string of the molecule is CC(N)C1(c2cccc(I)c2)CCCC1. The molecule has 0 saturated heterocycles. The normalized spacial score (nSPS) is 21.5. The van der Waals surface area contributed by atoms with Crippen molar-refractivity contribution in [3.8, 4) is 0 Å². The third-order valence-corrected chi connectivity index (χ3v) is 4.44. The molecule has 0 aliphatic heterocycles. The molecule has 1 aromatic rings. The van der Waals surface area contributed by atoms with E-state index < -0.39 is 0 Å². The number of hydrogen-bond donors (Lipinski definition) is 1. The topological polar surface area (TPSA) is 26.0 Å². The Morgan fingerprint density at radius 2 is 2.00 bits per heavy atom. The summed E-state index contributed by atoms with van der Waals surface area (Å²) in [4.78, 5) is 0. The Labute approximate surface area is 106 Å². The van der Waals surface area contributed by atoms with E-state index >= 15 is 0 Å². The second-order valence-corrected chi connectivity index (χ2v) is 5.91. The lowest BCUT2D eigenvalue weighted by molar-refractivity contribution is 0.368. The largest absolute Gasteiger partial charge is 0.327 e. The van der Waals surface area contributed by atoms with Crippen molar-refractivity contribution in [3.63, 3.8) is 0 Å². The summed E-state index contributed by atoms with van der Waals surface area (Å²) in [5.74, 6) is 0. The fourth-order valence-electron chi connectivity index (χ4n) is 2.81. The van der Waals surface area contributed by atoms with Crippen molar-refractivity contribution in [2.45, 2.75) is 44.1 Å². The van der Waals surface area contributed by atoms with Crippen molar-refractivity contribution in [1.82, 2.24) is 0 Å². The van der Waals surface area contributed by atoms with Gasteiger partial charge in [0.1, 0.15) is 0 Å². The van der Waals surface area contributed by atoms with Crippen molar-refractivity contribution >= 4 is 22.6 Å². The van der Waals surface area contributed by atoms with Gasteiger partial charge in [0, 0.05) is 15.0 Å². The summed E-state index contributed by atoms with van der Waals surface area (Å²) in [6, 6.07) is 9.11. The zero-order valence-corrected chi connectivity index (χ0v) is 11.3. The highest BCUT2D eigenvalue weighted by Crippen LogP contribution is 2.43. The maximum atomic E-state index is 6.21. The van der Waals surface area contributed by atoms with Crippen LogP contribution in [0.5, 0.6) is 0 Å². The molecule has 1 nitrogen and oxygen atoms in total. The average Bonchev–Trinajstić information content (AvgIpc) is 2.67. The molecule has 15 heavy (non-hydrogen) atoms. The molecule has 0 aromatic heterocycles. The first-order chi connectivity index (χ1) is 7.15. The molecule has 0 bridgehead atoms. The molecule has 2 rings (SSSR count). The summed E-state index contributed by atoms with van der Waals surface area (Å²) < 4.78 is 1.32. The molecule has 0 amide bonds. The molecule has 1 aliphatic rings. The molecule has 1 fully saturated rings. The summed E-state index contributed by atoms with van der Waals surface area (Å²) in [6.45, 7) is 2.16. The highest BCUT2D eigenvalue weighted by molar-refractivity contribution is 14.1. The average molecular weight is 315 g/mol. The highest BCUT2D eigenvalue weighted by atomic mass is 127. The van der Waals surface area contributed by atoms with Crippen LogP contribution in [-0.2, 0) is 5.41 Å². The maximum absolute atomic E-state index is 6.21. The van der Waals surface area contributed by atoms with E-state index in [9.17, 15) is 0 Å². The van der Waals surface area contributed by atoms with E-state index in [2.05, 4.69) is 53.8 Å². The van der Waals surface area contributed by atoms with E-state index in [0.717, 1.165) is 0 Å². The second kappa shape index (κ2) is 4.42. The Bertz CT molecular complexity index is 340. The van der Waals surface area contributed by atoms with Crippen LogP contribution in [0.25, 0.3) is 0 Å². The van der Waals surface area contributed by atoms with Gasteiger partial charge >= 0.3 is 0 Å². The molecular formula is C13H18IN. The van der Waals surface area contributed by atoms with Gasteiger partial charge in [-0.05, 0) is 60.1 Å². The number of halogens is 1. The smallest absolute Gasteiger partial charge is 0.0133 e. The van der Waals surface area contributed by atoms with Gasteiger partial charge in [-0.25, -0.2) is 0 Å². The fourth-order valence-corrected chi connectivity index (χ4v) is 3.35. The van der Waals surface area contributed by atoms with Crippen LogP contribution in [0.15, 0.2) is 24.3 Å². The summed E-state index contributed by atoms with van der Waals surface area (Å²) >= 11 is 2.38. The van der Waals surface area contributed by atoms with Crippen LogP contribution >= 0.6 is 22.6 Å². The molecule has 82 valence electrons. The van der Waals surface area contributed by atoms with Gasteiger partial charge in [0.15, 0.2) is 0 Å². The summed E-state index contributed by atoms with van der Waals surface area (Å²) in [7, 11) is 0. The third-order valence-electron chi connectivity index (χ3n) is 3.77. The lowest BCUT2D eigenvalue weighted by atomic mass is 9.74. The third kappa shape index (κ3) is 2.07. The zero-order chi connectivity index (χ0) is 10.9. The predicted octanol–water partition coefficient (Wildman–Crippen LogP) is 3.45. The standard InChI is InChI=1S/C13H18IN/c1-10(15)13(7-2-3-8-13)11-5-4-6-12(14)9-11/h4-6,9-10H,2-3,7-8,15H2,1H3. The minimum absolute atomic E-state index is 0.251. The first-order valence-electron chi connectivity index (χ1n) is 5.67. The molecule has 0 radical (unpaired) electrons. The van der Waals surface area contributed by atoms with Crippen molar-refractivity contribution in [2.24, 2.45) is 5.73 Å². The van der Waals surface area contributed by atoms with Crippen LogP contribution in [0.3, 0.4) is 0 Å². The lowest BCUT2D eigenvalue weighted by Crippen LogP contribution is -2.41. The number of benzene rings is 1. The van der Waals surface area contributed by atoms with Crippen molar-refractivity contribution in [2.75, 3.05) is 0 Å². The Kier molecular flexibility index (Phi) is 3.36. The molecule has 1 atom stereocenters. The number of nitrogens with two attached hydrogens (primary N) is 1. The summed E-state index contributed by atoms with van der Waals surface area (Å²) in [5.41, 5.74) is 7.91. The molecule has 1 aromatic carbocycles. The van der Waals surface area contributed by atoms with Crippen LogP contribution in [-0.4, -0.2) is 6.04 Å². The first kappa shape index (κ1) is 11.4. The van der Waals surface area contributed by atoms with Crippen LogP contribution < -0.4 is 5.73 Å².